The van der Waals surface area contributed by atoms with E-state index in [1.165, 1.54) is 13.2 Å². The van der Waals surface area contributed by atoms with Gasteiger partial charge in [0.1, 0.15) is 23.9 Å². The SMILES string of the molecule is COC(=O)/C=C\[C@H]1OC(C)(C)O[C@H]1[C@H](O)COC(c1ccccc1)(c1ccccc1)c1ccccc1. The normalized spacial score (nSPS) is 20.3. The van der Waals surface area contributed by atoms with Gasteiger partial charge in [0, 0.05) is 6.08 Å². The van der Waals surface area contributed by atoms with Crippen LogP contribution in [0.15, 0.2) is 103 Å². The van der Waals surface area contributed by atoms with Gasteiger partial charge in [-0.2, -0.15) is 0 Å². The first-order chi connectivity index (χ1) is 17.4. The van der Waals surface area contributed by atoms with E-state index in [-0.39, 0.29) is 6.61 Å². The summed E-state index contributed by atoms with van der Waals surface area (Å²) in [6.45, 7) is 3.48. The lowest BCUT2D eigenvalue weighted by Crippen LogP contribution is -2.42. The maximum Gasteiger partial charge on any atom is 0.330 e. The number of esters is 1. The van der Waals surface area contributed by atoms with Gasteiger partial charge in [-0.05, 0) is 36.6 Å². The summed E-state index contributed by atoms with van der Waals surface area (Å²) in [5, 5.41) is 11.3. The number of carbonyl (C=O) groups is 1. The summed E-state index contributed by atoms with van der Waals surface area (Å²) in [5.41, 5.74) is 1.82. The first-order valence-electron chi connectivity index (χ1n) is 12.0. The number of carbonyl (C=O) groups excluding carboxylic acids is 1. The first-order valence-corrected chi connectivity index (χ1v) is 12.0. The van der Waals surface area contributed by atoms with Gasteiger partial charge in [-0.1, -0.05) is 91.0 Å². The van der Waals surface area contributed by atoms with Crippen molar-refractivity contribution in [2.75, 3.05) is 13.7 Å². The van der Waals surface area contributed by atoms with Gasteiger partial charge < -0.3 is 24.1 Å². The minimum absolute atomic E-state index is 0.0502. The summed E-state index contributed by atoms with van der Waals surface area (Å²) in [6.07, 6.45) is 0.374. The molecule has 0 radical (unpaired) electrons. The summed E-state index contributed by atoms with van der Waals surface area (Å²) < 4.78 is 23.4. The lowest BCUT2D eigenvalue weighted by atomic mass is 9.80. The van der Waals surface area contributed by atoms with Crippen molar-refractivity contribution in [3.63, 3.8) is 0 Å². The molecular formula is C30H32O6. The summed E-state index contributed by atoms with van der Waals surface area (Å²) in [6, 6.07) is 29.8. The molecule has 1 heterocycles. The fourth-order valence-electron chi connectivity index (χ4n) is 4.58. The highest BCUT2D eigenvalue weighted by molar-refractivity contribution is 5.81. The minimum atomic E-state index is -1.05. The van der Waals surface area contributed by atoms with Crippen LogP contribution in [0.1, 0.15) is 30.5 Å². The predicted octanol–water partition coefficient (Wildman–Crippen LogP) is 4.61. The second-order valence-electron chi connectivity index (χ2n) is 9.10. The first kappa shape index (κ1) is 25.8. The second kappa shape index (κ2) is 11.2. The van der Waals surface area contributed by atoms with E-state index in [0.29, 0.717) is 0 Å². The van der Waals surface area contributed by atoms with Gasteiger partial charge in [-0.15, -0.1) is 0 Å². The molecule has 36 heavy (non-hydrogen) atoms. The molecule has 6 nitrogen and oxygen atoms in total. The van der Waals surface area contributed by atoms with Gasteiger partial charge in [0.25, 0.3) is 0 Å². The zero-order chi connectivity index (χ0) is 25.6. The zero-order valence-corrected chi connectivity index (χ0v) is 20.7. The number of ether oxygens (including phenoxy) is 4. The van der Waals surface area contributed by atoms with Crippen molar-refractivity contribution in [2.24, 2.45) is 0 Å². The van der Waals surface area contributed by atoms with Gasteiger partial charge in [0.05, 0.1) is 13.7 Å². The number of hydrogen-bond acceptors (Lipinski definition) is 6. The van der Waals surface area contributed by atoms with E-state index in [1.54, 1.807) is 19.9 Å². The molecule has 0 bridgehead atoms. The number of hydrogen-bond donors (Lipinski definition) is 1. The van der Waals surface area contributed by atoms with E-state index in [2.05, 4.69) is 4.74 Å². The van der Waals surface area contributed by atoms with Crippen LogP contribution in [0.25, 0.3) is 0 Å². The molecule has 0 spiro atoms. The molecule has 3 aromatic rings. The van der Waals surface area contributed by atoms with Crippen molar-refractivity contribution >= 4 is 5.97 Å². The third-order valence-corrected chi connectivity index (χ3v) is 6.18. The van der Waals surface area contributed by atoms with E-state index >= 15 is 0 Å². The topological polar surface area (TPSA) is 74.2 Å². The average Bonchev–Trinajstić information content (AvgIpc) is 3.23. The highest BCUT2D eigenvalue weighted by Crippen LogP contribution is 2.41. The summed E-state index contributed by atoms with van der Waals surface area (Å²) in [4.78, 5) is 11.6. The van der Waals surface area contributed by atoms with Crippen molar-refractivity contribution in [3.8, 4) is 0 Å². The van der Waals surface area contributed by atoms with Crippen molar-refractivity contribution in [1.29, 1.82) is 0 Å². The third kappa shape index (κ3) is 5.58. The molecule has 1 aliphatic rings. The molecule has 0 amide bonds. The molecule has 6 heteroatoms. The molecular weight excluding hydrogens is 456 g/mol. The van der Waals surface area contributed by atoms with E-state index in [9.17, 15) is 9.90 Å². The molecule has 0 saturated carbocycles. The van der Waals surface area contributed by atoms with Crippen LogP contribution in [-0.4, -0.2) is 48.9 Å². The Hall–Kier alpha value is -3.29. The molecule has 1 aliphatic heterocycles. The smallest absolute Gasteiger partial charge is 0.330 e. The van der Waals surface area contributed by atoms with Gasteiger partial charge in [-0.3, -0.25) is 0 Å². The van der Waals surface area contributed by atoms with E-state index in [4.69, 9.17) is 14.2 Å². The fraction of sp³-hybridized carbons (Fsp3) is 0.300. The lowest BCUT2D eigenvalue weighted by Gasteiger charge is -2.37. The largest absolute Gasteiger partial charge is 0.466 e. The van der Waals surface area contributed by atoms with Crippen LogP contribution in [0.2, 0.25) is 0 Å². The molecule has 0 unspecified atom stereocenters. The summed E-state index contributed by atoms with van der Waals surface area (Å²) >= 11 is 0. The van der Waals surface area contributed by atoms with Crippen molar-refractivity contribution in [1.82, 2.24) is 0 Å². The summed E-state index contributed by atoms with van der Waals surface area (Å²) in [7, 11) is 1.30. The number of methoxy groups -OCH3 is 1. The Morgan fingerprint density at radius 2 is 1.39 bits per heavy atom. The van der Waals surface area contributed by atoms with Crippen molar-refractivity contribution in [2.45, 2.75) is 43.5 Å². The van der Waals surface area contributed by atoms with Crippen LogP contribution < -0.4 is 0 Å². The van der Waals surface area contributed by atoms with Crippen molar-refractivity contribution in [3.05, 3.63) is 120 Å². The van der Waals surface area contributed by atoms with E-state index in [1.807, 2.05) is 91.0 Å². The lowest BCUT2D eigenvalue weighted by molar-refractivity contribution is -0.161. The monoisotopic (exact) mass is 488 g/mol. The van der Waals surface area contributed by atoms with Crippen molar-refractivity contribution < 1.29 is 28.8 Å². The Balaban J connectivity index is 1.69. The highest BCUT2D eigenvalue weighted by atomic mass is 16.8. The molecule has 3 aromatic carbocycles. The zero-order valence-electron chi connectivity index (χ0n) is 20.7. The molecule has 0 aliphatic carbocycles. The van der Waals surface area contributed by atoms with Crippen LogP contribution in [0.3, 0.4) is 0 Å². The van der Waals surface area contributed by atoms with Crippen LogP contribution >= 0.6 is 0 Å². The average molecular weight is 489 g/mol. The number of rotatable bonds is 9. The van der Waals surface area contributed by atoms with Crippen LogP contribution in [0, 0.1) is 0 Å². The van der Waals surface area contributed by atoms with E-state index < -0.39 is 35.7 Å². The second-order valence-corrected chi connectivity index (χ2v) is 9.10. The Labute approximate surface area is 212 Å². The van der Waals surface area contributed by atoms with Crippen LogP contribution in [-0.2, 0) is 29.3 Å². The standard InChI is InChI=1S/C30H32O6/c1-29(2)35-26(19-20-27(32)33-3)28(36-29)25(31)21-34-30(22-13-7-4-8-14-22,23-15-9-5-10-16-23)24-17-11-6-12-18-24/h4-20,25-26,28,31H,21H2,1-3H3/b20-19-/t25-,26-,28+/m1/s1. The third-order valence-electron chi connectivity index (χ3n) is 6.18. The predicted molar refractivity (Wildman–Crippen MR) is 136 cm³/mol. The van der Waals surface area contributed by atoms with Crippen LogP contribution in [0.4, 0.5) is 0 Å². The Kier molecular flexibility index (Phi) is 8.01. The quantitative estimate of drug-likeness (QED) is 0.270. The molecule has 188 valence electrons. The molecule has 1 N–H and O–H groups in total. The molecule has 4 rings (SSSR count). The molecule has 1 fully saturated rings. The number of benzene rings is 3. The van der Waals surface area contributed by atoms with Gasteiger partial charge >= 0.3 is 5.97 Å². The van der Waals surface area contributed by atoms with Gasteiger partial charge in [0.15, 0.2) is 5.79 Å². The Morgan fingerprint density at radius 3 is 1.83 bits per heavy atom. The Bertz CT molecular complexity index is 1050. The Morgan fingerprint density at radius 1 is 0.917 bits per heavy atom. The number of aliphatic hydroxyl groups excluding tert-OH is 1. The molecule has 1 saturated heterocycles. The fourth-order valence-corrected chi connectivity index (χ4v) is 4.58. The molecule has 0 aromatic heterocycles. The maximum atomic E-state index is 11.6. The number of aliphatic hydroxyl groups is 1. The highest BCUT2D eigenvalue weighted by Gasteiger charge is 2.45. The van der Waals surface area contributed by atoms with Gasteiger partial charge in [-0.25, -0.2) is 4.79 Å². The van der Waals surface area contributed by atoms with Gasteiger partial charge in [0.2, 0.25) is 0 Å². The van der Waals surface area contributed by atoms with Crippen LogP contribution in [0.5, 0.6) is 0 Å². The molecule has 3 atom stereocenters. The summed E-state index contributed by atoms with van der Waals surface area (Å²) in [5.74, 6) is -1.45. The van der Waals surface area contributed by atoms with E-state index in [0.717, 1.165) is 16.7 Å². The minimum Gasteiger partial charge on any atom is -0.466 e. The maximum absolute atomic E-state index is 11.6.